The van der Waals surface area contributed by atoms with Crippen LogP contribution in [0.5, 0.6) is 5.75 Å². The van der Waals surface area contributed by atoms with Gasteiger partial charge in [-0.1, -0.05) is 32.9 Å². The van der Waals surface area contributed by atoms with Crippen molar-refractivity contribution in [3.05, 3.63) is 29.8 Å². The molecule has 0 radical (unpaired) electrons. The third kappa shape index (κ3) is 2.06. The van der Waals surface area contributed by atoms with Crippen molar-refractivity contribution in [3.63, 3.8) is 0 Å². The molecule has 0 aliphatic carbocycles. The number of benzene rings is 1. The Hall–Kier alpha value is -0.630. The summed E-state index contributed by atoms with van der Waals surface area (Å²) in [5, 5.41) is 9.21. The zero-order chi connectivity index (χ0) is 10.8. The van der Waals surface area contributed by atoms with Gasteiger partial charge in [-0.15, -0.1) is 0 Å². The fraction of sp³-hybridized carbons (Fsp3) is 0.500. The first-order valence-corrected chi connectivity index (χ1v) is 5.54. The Morgan fingerprint density at radius 1 is 1.29 bits per heavy atom. The van der Waals surface area contributed by atoms with Crippen molar-refractivity contribution in [2.45, 2.75) is 26.2 Å². The molecule has 0 spiro atoms. The molecule has 0 aliphatic rings. The lowest BCUT2D eigenvalue weighted by atomic mass is 9.75. The molecule has 1 nitrogen and oxygen atoms in total. The molecular formula is C12H18OS. The second kappa shape index (κ2) is 4.26. The van der Waals surface area contributed by atoms with Gasteiger partial charge in [0.15, 0.2) is 0 Å². The van der Waals surface area contributed by atoms with Gasteiger partial charge in [0.25, 0.3) is 0 Å². The van der Waals surface area contributed by atoms with Crippen LogP contribution in [0.15, 0.2) is 24.3 Å². The van der Waals surface area contributed by atoms with E-state index in [0.717, 1.165) is 5.75 Å². The van der Waals surface area contributed by atoms with E-state index in [4.69, 9.17) is 0 Å². The zero-order valence-corrected chi connectivity index (χ0v) is 9.88. The summed E-state index contributed by atoms with van der Waals surface area (Å²) in [6.07, 6.45) is 0. The second-order valence-corrected chi connectivity index (χ2v) is 4.59. The Morgan fingerprint density at radius 3 is 2.14 bits per heavy atom. The van der Waals surface area contributed by atoms with Gasteiger partial charge in [-0.2, -0.15) is 12.6 Å². The summed E-state index contributed by atoms with van der Waals surface area (Å²) in [6.45, 7) is 6.60. The maximum Gasteiger partial charge on any atom is 0.115 e. The van der Waals surface area contributed by atoms with Crippen LogP contribution < -0.4 is 0 Å². The lowest BCUT2D eigenvalue weighted by Crippen LogP contribution is -2.30. The number of thiol groups is 1. The van der Waals surface area contributed by atoms with E-state index in [0.29, 0.717) is 11.7 Å². The van der Waals surface area contributed by atoms with Crippen LogP contribution in [0.4, 0.5) is 0 Å². The van der Waals surface area contributed by atoms with Gasteiger partial charge in [0.2, 0.25) is 0 Å². The fourth-order valence-electron chi connectivity index (χ4n) is 1.45. The van der Waals surface area contributed by atoms with Crippen molar-refractivity contribution >= 4 is 12.6 Å². The minimum Gasteiger partial charge on any atom is -0.508 e. The van der Waals surface area contributed by atoms with Crippen LogP contribution in [-0.2, 0) is 5.41 Å². The predicted octanol–water partition coefficient (Wildman–Crippen LogP) is 3.24. The Kier molecular flexibility index (Phi) is 3.48. The molecule has 0 bridgehead atoms. The fourth-order valence-corrected chi connectivity index (χ4v) is 2.00. The predicted molar refractivity (Wildman–Crippen MR) is 64.1 cm³/mol. The Morgan fingerprint density at radius 2 is 1.79 bits per heavy atom. The zero-order valence-electron chi connectivity index (χ0n) is 8.99. The Labute approximate surface area is 91.6 Å². The van der Waals surface area contributed by atoms with Crippen molar-refractivity contribution < 1.29 is 5.11 Å². The lowest BCUT2D eigenvalue weighted by Gasteiger charge is -2.32. The number of hydrogen-bond donors (Lipinski definition) is 2. The van der Waals surface area contributed by atoms with Crippen LogP contribution in [0, 0.1) is 5.92 Å². The third-order valence-corrected chi connectivity index (χ3v) is 3.79. The summed E-state index contributed by atoms with van der Waals surface area (Å²) in [4.78, 5) is 0. The van der Waals surface area contributed by atoms with Crippen molar-refractivity contribution in [1.82, 2.24) is 0 Å². The summed E-state index contributed by atoms with van der Waals surface area (Å²) in [6, 6.07) is 7.43. The van der Waals surface area contributed by atoms with Gasteiger partial charge >= 0.3 is 0 Å². The van der Waals surface area contributed by atoms with Crippen LogP contribution in [0.1, 0.15) is 26.3 Å². The minimum atomic E-state index is 0.0802. The third-order valence-electron chi connectivity index (χ3n) is 3.13. The van der Waals surface area contributed by atoms with Gasteiger partial charge < -0.3 is 5.11 Å². The number of phenolic OH excluding ortho intramolecular Hbond substituents is 1. The average molecular weight is 210 g/mol. The molecule has 1 aromatic carbocycles. The van der Waals surface area contributed by atoms with Crippen molar-refractivity contribution in [1.29, 1.82) is 0 Å². The number of phenols is 1. The second-order valence-electron chi connectivity index (χ2n) is 4.28. The van der Waals surface area contributed by atoms with E-state index in [1.54, 1.807) is 12.1 Å². The molecule has 1 aromatic rings. The summed E-state index contributed by atoms with van der Waals surface area (Å²) in [5.41, 5.74) is 1.32. The molecule has 0 saturated carbocycles. The maximum atomic E-state index is 9.21. The first-order chi connectivity index (χ1) is 6.50. The lowest BCUT2D eigenvalue weighted by molar-refractivity contribution is 0.380. The summed E-state index contributed by atoms with van der Waals surface area (Å²) < 4.78 is 0. The van der Waals surface area contributed by atoms with Gasteiger partial charge in [0.1, 0.15) is 5.75 Å². The van der Waals surface area contributed by atoms with E-state index in [1.807, 2.05) is 12.1 Å². The van der Waals surface area contributed by atoms with Crippen molar-refractivity contribution in [2.75, 3.05) is 5.75 Å². The largest absolute Gasteiger partial charge is 0.508 e. The summed E-state index contributed by atoms with van der Waals surface area (Å²) >= 11 is 4.42. The molecule has 78 valence electrons. The number of aromatic hydroxyl groups is 1. The quantitative estimate of drug-likeness (QED) is 0.734. The monoisotopic (exact) mass is 210 g/mol. The molecule has 0 amide bonds. The van der Waals surface area contributed by atoms with E-state index < -0.39 is 0 Å². The molecule has 1 rings (SSSR count). The molecule has 14 heavy (non-hydrogen) atoms. The van der Waals surface area contributed by atoms with Crippen molar-refractivity contribution in [3.8, 4) is 5.75 Å². The maximum absolute atomic E-state index is 9.21. The minimum absolute atomic E-state index is 0.0802. The van der Waals surface area contributed by atoms with Crippen LogP contribution in [-0.4, -0.2) is 10.9 Å². The highest BCUT2D eigenvalue weighted by Crippen LogP contribution is 2.33. The standard InChI is InChI=1S/C12H18OS/c1-9(2)12(3,8-14)10-4-6-11(13)7-5-10/h4-7,9,13-14H,8H2,1-3H3/t12-/m0/s1. The molecule has 0 saturated heterocycles. The molecule has 0 aromatic heterocycles. The van der Waals surface area contributed by atoms with Gasteiger partial charge in [0.05, 0.1) is 0 Å². The van der Waals surface area contributed by atoms with E-state index >= 15 is 0 Å². The first-order valence-electron chi connectivity index (χ1n) is 4.91. The van der Waals surface area contributed by atoms with Gasteiger partial charge in [0, 0.05) is 5.41 Å². The highest BCUT2D eigenvalue weighted by Gasteiger charge is 2.28. The first kappa shape index (κ1) is 11.4. The normalized spacial score (nSPS) is 15.5. The molecule has 1 atom stereocenters. The SMILES string of the molecule is CC(C)[C@](C)(CS)c1ccc(O)cc1. The molecule has 2 heteroatoms. The highest BCUT2D eigenvalue weighted by molar-refractivity contribution is 7.80. The molecule has 0 aliphatic heterocycles. The molecule has 1 N–H and O–H groups in total. The smallest absolute Gasteiger partial charge is 0.115 e. The van der Waals surface area contributed by atoms with Crippen LogP contribution >= 0.6 is 12.6 Å². The molecule has 0 unspecified atom stereocenters. The highest BCUT2D eigenvalue weighted by atomic mass is 32.1. The topological polar surface area (TPSA) is 20.2 Å². The van der Waals surface area contributed by atoms with E-state index in [-0.39, 0.29) is 5.41 Å². The summed E-state index contributed by atoms with van der Waals surface area (Å²) in [5.74, 6) is 1.67. The van der Waals surface area contributed by atoms with Crippen LogP contribution in [0.2, 0.25) is 0 Å². The van der Waals surface area contributed by atoms with E-state index in [2.05, 4.69) is 33.4 Å². The van der Waals surface area contributed by atoms with E-state index in [1.165, 1.54) is 5.56 Å². The summed E-state index contributed by atoms with van der Waals surface area (Å²) in [7, 11) is 0. The molecular weight excluding hydrogens is 192 g/mol. The van der Waals surface area contributed by atoms with Crippen molar-refractivity contribution in [2.24, 2.45) is 5.92 Å². The van der Waals surface area contributed by atoms with Crippen LogP contribution in [0.25, 0.3) is 0 Å². The average Bonchev–Trinajstić information content (AvgIpc) is 2.17. The Balaban J connectivity index is 3.06. The van der Waals surface area contributed by atoms with Gasteiger partial charge in [-0.3, -0.25) is 0 Å². The number of hydrogen-bond acceptors (Lipinski definition) is 2. The van der Waals surface area contributed by atoms with Gasteiger partial charge in [-0.25, -0.2) is 0 Å². The number of rotatable bonds is 3. The van der Waals surface area contributed by atoms with E-state index in [9.17, 15) is 5.11 Å². The van der Waals surface area contributed by atoms with Crippen LogP contribution in [0.3, 0.4) is 0 Å². The Bertz CT molecular complexity index is 292. The molecule has 0 heterocycles. The molecule has 0 fully saturated rings. The van der Waals surface area contributed by atoms with Gasteiger partial charge in [-0.05, 0) is 29.4 Å².